The quantitative estimate of drug-likeness (QED) is 0.882. The molecule has 2 saturated heterocycles. The third-order valence-corrected chi connectivity index (χ3v) is 5.08. The highest BCUT2D eigenvalue weighted by atomic mass is 16.2. The van der Waals surface area contributed by atoms with E-state index in [9.17, 15) is 14.4 Å². The Morgan fingerprint density at radius 3 is 2.68 bits per heavy atom. The number of rotatable bonds is 5. The fourth-order valence-corrected chi connectivity index (χ4v) is 3.39. The standard InChI is InChI=1S/C19H25N3O3/c1-3-13(2)20-18(24)15-8-6-14(7-9-15)11-21-12-17(23)22-10-4-5-16(22)19(21)25/h6-9,13,16H,3-5,10-12H2,1-2H3,(H,20,24). The number of nitrogens with one attached hydrogen (secondary N) is 1. The van der Waals surface area contributed by atoms with Gasteiger partial charge < -0.3 is 15.1 Å². The Balaban J connectivity index is 1.64. The molecule has 2 aliphatic rings. The van der Waals surface area contributed by atoms with Crippen LogP contribution in [0.15, 0.2) is 24.3 Å². The van der Waals surface area contributed by atoms with Crippen LogP contribution in [-0.2, 0) is 16.1 Å². The van der Waals surface area contributed by atoms with Gasteiger partial charge in [-0.3, -0.25) is 14.4 Å². The highest BCUT2D eigenvalue weighted by Gasteiger charge is 2.41. The Labute approximate surface area is 148 Å². The lowest BCUT2D eigenvalue weighted by Crippen LogP contribution is -2.56. The number of fused-ring (bicyclic) bond motifs is 1. The molecule has 2 aliphatic heterocycles. The minimum Gasteiger partial charge on any atom is -0.350 e. The Morgan fingerprint density at radius 1 is 1.28 bits per heavy atom. The molecule has 1 aromatic rings. The number of carbonyl (C=O) groups is 3. The van der Waals surface area contributed by atoms with Crippen molar-refractivity contribution in [2.75, 3.05) is 13.1 Å². The lowest BCUT2D eigenvalue weighted by Gasteiger charge is -2.36. The predicted molar refractivity (Wildman–Crippen MR) is 93.8 cm³/mol. The Morgan fingerprint density at radius 2 is 2.00 bits per heavy atom. The normalized spacial score (nSPS) is 21.3. The minimum absolute atomic E-state index is 0.0339. The number of benzene rings is 1. The fraction of sp³-hybridized carbons (Fsp3) is 0.526. The van der Waals surface area contributed by atoms with Crippen LogP contribution in [0.2, 0.25) is 0 Å². The van der Waals surface area contributed by atoms with E-state index < -0.39 is 0 Å². The molecule has 0 aromatic heterocycles. The van der Waals surface area contributed by atoms with Crippen molar-refractivity contribution in [2.24, 2.45) is 0 Å². The molecule has 6 nitrogen and oxygen atoms in total. The molecule has 6 heteroatoms. The molecule has 3 amide bonds. The van der Waals surface area contributed by atoms with Gasteiger partial charge in [0.2, 0.25) is 11.8 Å². The van der Waals surface area contributed by atoms with Crippen LogP contribution in [0.25, 0.3) is 0 Å². The highest BCUT2D eigenvalue weighted by molar-refractivity contribution is 5.95. The first kappa shape index (κ1) is 17.5. The summed E-state index contributed by atoms with van der Waals surface area (Å²) in [6, 6.07) is 7.10. The second kappa shape index (κ2) is 7.25. The van der Waals surface area contributed by atoms with Crippen LogP contribution >= 0.6 is 0 Å². The summed E-state index contributed by atoms with van der Waals surface area (Å²) >= 11 is 0. The number of hydrogen-bond acceptors (Lipinski definition) is 3. The first-order chi connectivity index (χ1) is 12.0. The minimum atomic E-state index is -0.276. The molecule has 2 atom stereocenters. The summed E-state index contributed by atoms with van der Waals surface area (Å²) in [5.74, 6) is -0.0194. The van der Waals surface area contributed by atoms with Crippen molar-refractivity contribution in [3.8, 4) is 0 Å². The van der Waals surface area contributed by atoms with Gasteiger partial charge in [-0.25, -0.2) is 0 Å². The van der Waals surface area contributed by atoms with E-state index in [-0.39, 0.29) is 36.3 Å². The average molecular weight is 343 g/mol. The maximum absolute atomic E-state index is 12.6. The molecule has 0 spiro atoms. The summed E-state index contributed by atoms with van der Waals surface area (Å²) in [5.41, 5.74) is 1.53. The molecule has 2 unspecified atom stereocenters. The predicted octanol–water partition coefficient (Wildman–Crippen LogP) is 1.55. The zero-order valence-corrected chi connectivity index (χ0v) is 14.8. The van der Waals surface area contributed by atoms with Crippen molar-refractivity contribution in [3.05, 3.63) is 35.4 Å². The van der Waals surface area contributed by atoms with Gasteiger partial charge in [0.05, 0.1) is 0 Å². The third-order valence-electron chi connectivity index (χ3n) is 5.08. The van der Waals surface area contributed by atoms with Crippen molar-refractivity contribution >= 4 is 17.7 Å². The Kier molecular flexibility index (Phi) is 5.06. The molecule has 0 aliphatic carbocycles. The van der Waals surface area contributed by atoms with Gasteiger partial charge in [0.15, 0.2) is 0 Å². The molecule has 134 valence electrons. The van der Waals surface area contributed by atoms with E-state index in [1.807, 2.05) is 26.0 Å². The van der Waals surface area contributed by atoms with Gasteiger partial charge in [-0.15, -0.1) is 0 Å². The first-order valence-electron chi connectivity index (χ1n) is 8.97. The molecule has 2 fully saturated rings. The monoisotopic (exact) mass is 343 g/mol. The van der Waals surface area contributed by atoms with Gasteiger partial charge in [-0.1, -0.05) is 19.1 Å². The molecule has 25 heavy (non-hydrogen) atoms. The Bertz CT molecular complexity index is 671. The lowest BCUT2D eigenvalue weighted by molar-refractivity contribution is -0.154. The van der Waals surface area contributed by atoms with E-state index in [0.29, 0.717) is 18.7 Å². The van der Waals surface area contributed by atoms with Crippen molar-refractivity contribution in [1.29, 1.82) is 0 Å². The average Bonchev–Trinajstić information content (AvgIpc) is 3.10. The number of amides is 3. The summed E-state index contributed by atoms with van der Waals surface area (Å²) in [5, 5.41) is 2.93. The summed E-state index contributed by atoms with van der Waals surface area (Å²) in [7, 11) is 0. The van der Waals surface area contributed by atoms with E-state index in [1.165, 1.54) is 0 Å². The number of nitrogens with zero attached hydrogens (tertiary/aromatic N) is 2. The number of hydrogen-bond donors (Lipinski definition) is 1. The maximum atomic E-state index is 12.6. The van der Waals surface area contributed by atoms with Gasteiger partial charge in [0.1, 0.15) is 12.6 Å². The van der Waals surface area contributed by atoms with Crippen LogP contribution in [0.1, 0.15) is 49.0 Å². The van der Waals surface area contributed by atoms with E-state index in [0.717, 1.165) is 24.8 Å². The van der Waals surface area contributed by atoms with Crippen LogP contribution < -0.4 is 5.32 Å². The molecule has 2 heterocycles. The summed E-state index contributed by atoms with van der Waals surface area (Å²) < 4.78 is 0. The summed E-state index contributed by atoms with van der Waals surface area (Å²) in [4.78, 5) is 40.2. The highest BCUT2D eigenvalue weighted by Crippen LogP contribution is 2.24. The zero-order chi connectivity index (χ0) is 18.0. The van der Waals surface area contributed by atoms with Crippen LogP contribution in [0.3, 0.4) is 0 Å². The first-order valence-corrected chi connectivity index (χ1v) is 8.97. The third kappa shape index (κ3) is 3.67. The summed E-state index contributed by atoms with van der Waals surface area (Å²) in [6.07, 6.45) is 2.54. The second-order valence-corrected chi connectivity index (χ2v) is 6.92. The van der Waals surface area contributed by atoms with E-state index in [1.54, 1.807) is 21.9 Å². The van der Waals surface area contributed by atoms with Crippen LogP contribution in [0.4, 0.5) is 0 Å². The Hall–Kier alpha value is -2.37. The zero-order valence-electron chi connectivity index (χ0n) is 14.8. The van der Waals surface area contributed by atoms with Crippen molar-refractivity contribution in [2.45, 2.75) is 51.7 Å². The molecule has 1 N–H and O–H groups in total. The second-order valence-electron chi connectivity index (χ2n) is 6.92. The van der Waals surface area contributed by atoms with Crippen LogP contribution in [-0.4, -0.2) is 52.7 Å². The van der Waals surface area contributed by atoms with Crippen LogP contribution in [0, 0.1) is 0 Å². The van der Waals surface area contributed by atoms with E-state index in [2.05, 4.69) is 5.32 Å². The molecular weight excluding hydrogens is 318 g/mol. The van der Waals surface area contributed by atoms with Gasteiger partial charge in [0, 0.05) is 24.7 Å². The molecule has 3 rings (SSSR count). The molecule has 0 radical (unpaired) electrons. The molecule has 0 bridgehead atoms. The van der Waals surface area contributed by atoms with E-state index in [4.69, 9.17) is 0 Å². The van der Waals surface area contributed by atoms with Gasteiger partial charge in [-0.2, -0.15) is 0 Å². The van der Waals surface area contributed by atoms with Gasteiger partial charge in [-0.05, 0) is 43.9 Å². The van der Waals surface area contributed by atoms with Gasteiger partial charge >= 0.3 is 0 Å². The smallest absolute Gasteiger partial charge is 0.251 e. The molecule has 0 saturated carbocycles. The fourth-order valence-electron chi connectivity index (χ4n) is 3.39. The number of carbonyl (C=O) groups excluding carboxylic acids is 3. The largest absolute Gasteiger partial charge is 0.350 e. The van der Waals surface area contributed by atoms with Gasteiger partial charge in [0.25, 0.3) is 5.91 Å². The van der Waals surface area contributed by atoms with Crippen molar-refractivity contribution < 1.29 is 14.4 Å². The van der Waals surface area contributed by atoms with Crippen LogP contribution in [0.5, 0.6) is 0 Å². The maximum Gasteiger partial charge on any atom is 0.251 e. The van der Waals surface area contributed by atoms with E-state index >= 15 is 0 Å². The number of piperazine rings is 1. The SMILES string of the molecule is CCC(C)NC(=O)c1ccc(CN2CC(=O)N3CCCC3C2=O)cc1. The van der Waals surface area contributed by atoms with Crippen molar-refractivity contribution in [3.63, 3.8) is 0 Å². The summed E-state index contributed by atoms with van der Waals surface area (Å²) in [6.45, 7) is 5.24. The molecule has 1 aromatic carbocycles. The topological polar surface area (TPSA) is 69.7 Å². The lowest BCUT2D eigenvalue weighted by atomic mass is 10.1. The molecular formula is C19H25N3O3. The van der Waals surface area contributed by atoms with Crippen molar-refractivity contribution in [1.82, 2.24) is 15.1 Å².